The summed E-state index contributed by atoms with van der Waals surface area (Å²) in [4.78, 5) is 30.7. The van der Waals surface area contributed by atoms with Crippen molar-refractivity contribution in [2.45, 2.75) is 57.5 Å². The molecule has 0 aliphatic heterocycles. The van der Waals surface area contributed by atoms with Gasteiger partial charge in [-0.25, -0.2) is 4.98 Å². The number of para-hydroxylation sites is 1. The minimum atomic E-state index is -4.56. The lowest BCUT2D eigenvalue weighted by Crippen LogP contribution is -2.36. The quantitative estimate of drug-likeness (QED) is 0.212. The van der Waals surface area contributed by atoms with Gasteiger partial charge in [0.2, 0.25) is 0 Å². The fraction of sp³-hybridized carbons (Fsp3) is 0.444. The van der Waals surface area contributed by atoms with Crippen LogP contribution in [-0.2, 0) is 15.7 Å². The number of rotatable bonds is 6. The first-order valence-electron chi connectivity index (χ1n) is 12.1. The van der Waals surface area contributed by atoms with Crippen molar-refractivity contribution in [1.82, 2.24) is 9.55 Å². The molecule has 0 bridgehead atoms. The predicted octanol–water partition coefficient (Wildman–Crippen LogP) is 6.50. The number of halogens is 3. The van der Waals surface area contributed by atoms with Gasteiger partial charge >= 0.3 is 12.1 Å². The molecule has 36 heavy (non-hydrogen) atoms. The Labute approximate surface area is 212 Å². The van der Waals surface area contributed by atoms with E-state index in [4.69, 9.17) is 4.74 Å². The van der Waals surface area contributed by atoms with Crippen molar-refractivity contribution in [2.24, 2.45) is 17.8 Å². The van der Waals surface area contributed by atoms with Gasteiger partial charge in [0.15, 0.2) is 5.16 Å². The molecule has 0 saturated heterocycles. The highest BCUT2D eigenvalue weighted by Crippen LogP contribution is 2.36. The fourth-order valence-corrected chi connectivity index (χ4v) is 5.63. The van der Waals surface area contributed by atoms with Gasteiger partial charge in [-0.05, 0) is 60.9 Å². The average molecular weight is 519 g/mol. The molecule has 0 N–H and O–H groups in total. The summed E-state index contributed by atoms with van der Waals surface area (Å²) in [6.07, 6.45) is -1.81. The molecule has 3 aromatic rings. The summed E-state index contributed by atoms with van der Waals surface area (Å²) in [6.45, 7) is 6.41. The van der Waals surface area contributed by atoms with Gasteiger partial charge in [-0.3, -0.25) is 14.2 Å². The van der Waals surface area contributed by atoms with Crippen molar-refractivity contribution in [3.05, 3.63) is 64.4 Å². The number of benzene rings is 2. The molecule has 0 radical (unpaired) electrons. The number of nitrogens with zero attached hydrogens (tertiary/aromatic N) is 2. The summed E-state index contributed by atoms with van der Waals surface area (Å²) in [7, 11) is 0. The second-order valence-corrected chi connectivity index (χ2v) is 10.7. The lowest BCUT2D eigenvalue weighted by molar-refractivity contribution is -0.152. The van der Waals surface area contributed by atoms with Gasteiger partial charge in [0, 0.05) is 0 Å². The Morgan fingerprint density at radius 2 is 1.92 bits per heavy atom. The summed E-state index contributed by atoms with van der Waals surface area (Å²) in [6, 6.07) is 11.2. The molecule has 192 valence electrons. The second kappa shape index (κ2) is 10.7. The molecule has 1 aliphatic rings. The van der Waals surface area contributed by atoms with Crippen LogP contribution in [0.1, 0.15) is 45.6 Å². The van der Waals surface area contributed by atoms with Crippen molar-refractivity contribution in [2.75, 3.05) is 5.75 Å². The Morgan fingerprint density at radius 3 is 2.64 bits per heavy atom. The summed E-state index contributed by atoms with van der Waals surface area (Å²) >= 11 is 0.987. The zero-order valence-corrected chi connectivity index (χ0v) is 21.2. The van der Waals surface area contributed by atoms with E-state index in [1.165, 1.54) is 12.1 Å². The second-order valence-electron chi connectivity index (χ2n) is 9.74. The predicted molar refractivity (Wildman–Crippen MR) is 134 cm³/mol. The van der Waals surface area contributed by atoms with Crippen LogP contribution < -0.4 is 5.56 Å². The van der Waals surface area contributed by atoms with E-state index < -0.39 is 23.3 Å². The SMILES string of the molecule is CC1CCC(C(C)C)C(OC(=O)CSc2nc3ccccc3c(=O)n2-c2cccc(C(F)(F)F)c2)C1. The molecule has 1 fully saturated rings. The maximum atomic E-state index is 13.4. The molecule has 2 aromatic carbocycles. The van der Waals surface area contributed by atoms with Crippen LogP contribution in [0.4, 0.5) is 13.2 Å². The molecule has 0 spiro atoms. The van der Waals surface area contributed by atoms with E-state index in [0.29, 0.717) is 17.4 Å². The molecule has 5 nitrogen and oxygen atoms in total. The number of ether oxygens (including phenoxy) is 1. The number of hydrogen-bond acceptors (Lipinski definition) is 5. The fourth-order valence-electron chi connectivity index (χ4n) is 4.83. The molecule has 4 rings (SSSR count). The van der Waals surface area contributed by atoms with Gasteiger partial charge in [0.25, 0.3) is 5.56 Å². The smallest absolute Gasteiger partial charge is 0.416 e. The zero-order chi connectivity index (χ0) is 26.0. The first-order chi connectivity index (χ1) is 17.0. The summed E-state index contributed by atoms with van der Waals surface area (Å²) in [5, 5.41) is 0.408. The monoisotopic (exact) mass is 518 g/mol. The Hall–Kier alpha value is -2.81. The molecule has 0 amide bonds. The van der Waals surface area contributed by atoms with E-state index in [1.807, 2.05) is 0 Å². The van der Waals surface area contributed by atoms with Crippen molar-refractivity contribution >= 4 is 28.6 Å². The molecule has 1 saturated carbocycles. The van der Waals surface area contributed by atoms with Gasteiger partial charge in [0.05, 0.1) is 27.9 Å². The van der Waals surface area contributed by atoms with Crippen LogP contribution in [-0.4, -0.2) is 27.4 Å². The lowest BCUT2D eigenvalue weighted by Gasteiger charge is -2.36. The zero-order valence-electron chi connectivity index (χ0n) is 20.4. The van der Waals surface area contributed by atoms with Gasteiger partial charge < -0.3 is 4.74 Å². The lowest BCUT2D eigenvalue weighted by atomic mass is 9.75. The van der Waals surface area contributed by atoms with Crippen molar-refractivity contribution in [1.29, 1.82) is 0 Å². The number of carbonyl (C=O) groups is 1. The maximum Gasteiger partial charge on any atom is 0.416 e. The van der Waals surface area contributed by atoms with Crippen LogP contribution in [0, 0.1) is 17.8 Å². The number of carbonyl (C=O) groups excluding carboxylic acids is 1. The van der Waals surface area contributed by atoms with E-state index in [2.05, 4.69) is 25.8 Å². The third-order valence-electron chi connectivity index (χ3n) is 6.74. The molecular formula is C27H29F3N2O3S. The summed E-state index contributed by atoms with van der Waals surface area (Å²) in [5.74, 6) is 0.606. The van der Waals surface area contributed by atoms with Crippen molar-refractivity contribution < 1.29 is 22.7 Å². The Morgan fingerprint density at radius 1 is 1.17 bits per heavy atom. The summed E-state index contributed by atoms with van der Waals surface area (Å²) < 4.78 is 47.1. The molecule has 3 unspecified atom stereocenters. The minimum absolute atomic E-state index is 0.0323. The van der Waals surface area contributed by atoms with Gasteiger partial charge in [0.1, 0.15) is 6.10 Å². The van der Waals surface area contributed by atoms with Gasteiger partial charge in [-0.1, -0.05) is 57.2 Å². The number of aromatic nitrogens is 2. The highest BCUT2D eigenvalue weighted by atomic mass is 32.2. The van der Waals surface area contributed by atoms with E-state index >= 15 is 0 Å². The van der Waals surface area contributed by atoms with Crippen molar-refractivity contribution in [3.63, 3.8) is 0 Å². The number of thioether (sulfide) groups is 1. The van der Waals surface area contributed by atoms with Crippen LogP contribution in [0.2, 0.25) is 0 Å². The van der Waals surface area contributed by atoms with Crippen LogP contribution in [0.25, 0.3) is 16.6 Å². The Bertz CT molecular complexity index is 1310. The summed E-state index contributed by atoms with van der Waals surface area (Å²) in [5.41, 5.74) is -0.939. The largest absolute Gasteiger partial charge is 0.461 e. The Kier molecular flexibility index (Phi) is 7.78. The van der Waals surface area contributed by atoms with Crippen LogP contribution >= 0.6 is 11.8 Å². The Balaban J connectivity index is 1.64. The number of fused-ring (bicyclic) bond motifs is 1. The minimum Gasteiger partial charge on any atom is -0.461 e. The van der Waals surface area contributed by atoms with Crippen molar-refractivity contribution in [3.8, 4) is 5.69 Å². The molecule has 1 aromatic heterocycles. The topological polar surface area (TPSA) is 61.2 Å². The van der Waals surface area contributed by atoms with Crippen LogP contribution in [0.5, 0.6) is 0 Å². The van der Waals surface area contributed by atoms with E-state index in [9.17, 15) is 22.8 Å². The van der Waals surface area contributed by atoms with Gasteiger partial charge in [-0.2, -0.15) is 13.2 Å². The first-order valence-corrected chi connectivity index (χ1v) is 13.0. The van der Waals surface area contributed by atoms with Gasteiger partial charge in [-0.15, -0.1) is 0 Å². The highest BCUT2D eigenvalue weighted by molar-refractivity contribution is 7.99. The molecule has 1 aliphatic carbocycles. The molecule has 3 atom stereocenters. The van der Waals surface area contributed by atoms with E-state index in [0.717, 1.165) is 47.7 Å². The third kappa shape index (κ3) is 5.77. The first kappa shape index (κ1) is 26.3. The standard InChI is InChI=1S/C27H29F3N2O3S/c1-16(2)20-12-11-17(3)13-23(20)35-24(33)15-36-26-31-22-10-5-4-9-21(22)25(34)32(26)19-8-6-7-18(14-19)27(28,29)30/h4-10,14,16-17,20,23H,11-13,15H2,1-3H3. The molecule has 9 heteroatoms. The number of alkyl halides is 3. The normalized spacial score (nSPS) is 20.6. The molecule has 1 heterocycles. The average Bonchev–Trinajstić information content (AvgIpc) is 2.82. The number of hydrogen-bond donors (Lipinski definition) is 0. The maximum absolute atomic E-state index is 13.4. The van der Waals surface area contributed by atoms with Crippen LogP contribution in [0.15, 0.2) is 58.5 Å². The van der Waals surface area contributed by atoms with E-state index in [1.54, 1.807) is 24.3 Å². The van der Waals surface area contributed by atoms with E-state index in [-0.39, 0.29) is 34.0 Å². The van der Waals surface area contributed by atoms with Crippen LogP contribution in [0.3, 0.4) is 0 Å². The highest BCUT2D eigenvalue weighted by Gasteiger charge is 2.34. The molecular weight excluding hydrogens is 489 g/mol. The third-order valence-corrected chi connectivity index (χ3v) is 7.65. The number of esters is 1.